The van der Waals surface area contributed by atoms with E-state index >= 15 is 0 Å². The zero-order valence-corrected chi connectivity index (χ0v) is 11.7. The van der Waals surface area contributed by atoms with E-state index in [0.717, 1.165) is 16.3 Å². The first-order valence-electron chi connectivity index (χ1n) is 6.44. The van der Waals surface area contributed by atoms with Crippen LogP contribution in [0.2, 0.25) is 0 Å². The number of carbonyl (C=O) groups excluding carboxylic acids is 1. The van der Waals surface area contributed by atoms with Gasteiger partial charge in [0.15, 0.2) is 5.58 Å². The van der Waals surface area contributed by atoms with Gasteiger partial charge in [-0.05, 0) is 22.9 Å². The van der Waals surface area contributed by atoms with Gasteiger partial charge in [-0.25, -0.2) is 0 Å². The summed E-state index contributed by atoms with van der Waals surface area (Å²) in [6.45, 7) is 0. The van der Waals surface area contributed by atoms with E-state index in [0.29, 0.717) is 10.5 Å². The highest BCUT2D eigenvalue weighted by Crippen LogP contribution is 2.27. The number of amides is 1. The number of hydrogen-bond donors (Lipinski definition) is 1. The monoisotopic (exact) mass is 294 g/mol. The molecule has 2 aromatic heterocycles. The first kappa shape index (κ1) is 12.1. The normalized spacial score (nSPS) is 11.0. The lowest BCUT2D eigenvalue weighted by Gasteiger charge is -1.95. The molecule has 0 atom stereocenters. The molecule has 0 aliphatic heterocycles. The van der Waals surface area contributed by atoms with Crippen molar-refractivity contribution in [3.63, 3.8) is 0 Å². The van der Waals surface area contributed by atoms with Crippen LogP contribution >= 0.6 is 11.3 Å². The number of fused-ring (bicyclic) bond motifs is 3. The van der Waals surface area contributed by atoms with Gasteiger partial charge in [0.2, 0.25) is 0 Å². The van der Waals surface area contributed by atoms with Gasteiger partial charge in [-0.1, -0.05) is 36.4 Å². The lowest BCUT2D eigenvalue weighted by molar-refractivity contribution is 0.102. The summed E-state index contributed by atoms with van der Waals surface area (Å²) in [6, 6.07) is 15.6. The second-order valence-corrected chi connectivity index (χ2v) is 5.53. The van der Waals surface area contributed by atoms with Gasteiger partial charge < -0.3 is 4.42 Å². The summed E-state index contributed by atoms with van der Waals surface area (Å²) >= 11 is 1.38. The Labute approximate surface area is 124 Å². The van der Waals surface area contributed by atoms with Crippen LogP contribution in [0, 0.1) is 0 Å². The molecule has 0 fully saturated rings. The average Bonchev–Trinajstić information content (AvgIpc) is 3.16. The van der Waals surface area contributed by atoms with Crippen LogP contribution in [0.3, 0.4) is 0 Å². The SMILES string of the molecule is O=C(Nc1nc2c(ccc3ccccc32)o1)c1cccs1. The molecule has 21 heavy (non-hydrogen) atoms. The molecular formula is C16H10N2O2S. The van der Waals surface area contributed by atoms with Gasteiger partial charge in [0.1, 0.15) is 5.52 Å². The van der Waals surface area contributed by atoms with Gasteiger partial charge in [0, 0.05) is 5.39 Å². The molecule has 4 aromatic rings. The molecule has 1 amide bonds. The van der Waals surface area contributed by atoms with Crippen molar-refractivity contribution < 1.29 is 9.21 Å². The van der Waals surface area contributed by atoms with Crippen molar-refractivity contribution in [1.29, 1.82) is 0 Å². The summed E-state index contributed by atoms with van der Waals surface area (Å²) in [5.74, 6) is -0.208. The number of oxazole rings is 1. The molecule has 0 spiro atoms. The maximum Gasteiger partial charge on any atom is 0.302 e. The molecule has 2 aromatic carbocycles. The molecule has 0 unspecified atom stereocenters. The number of nitrogens with zero attached hydrogens (tertiary/aromatic N) is 1. The Morgan fingerprint density at radius 2 is 2.00 bits per heavy atom. The lowest BCUT2D eigenvalue weighted by Crippen LogP contribution is -2.10. The lowest BCUT2D eigenvalue weighted by atomic mass is 10.1. The number of nitrogens with one attached hydrogen (secondary N) is 1. The summed E-state index contributed by atoms with van der Waals surface area (Å²) in [6.07, 6.45) is 0. The molecular weight excluding hydrogens is 284 g/mol. The Kier molecular flexibility index (Phi) is 2.72. The van der Waals surface area contributed by atoms with Crippen LogP contribution in [0.25, 0.3) is 21.9 Å². The van der Waals surface area contributed by atoms with Gasteiger partial charge in [-0.2, -0.15) is 4.98 Å². The Morgan fingerprint density at radius 3 is 2.86 bits per heavy atom. The van der Waals surface area contributed by atoms with E-state index in [1.165, 1.54) is 11.3 Å². The fraction of sp³-hybridized carbons (Fsp3) is 0. The number of anilines is 1. The zero-order chi connectivity index (χ0) is 14.2. The number of carbonyl (C=O) groups is 1. The molecule has 0 aliphatic rings. The zero-order valence-electron chi connectivity index (χ0n) is 10.9. The summed E-state index contributed by atoms with van der Waals surface area (Å²) in [5.41, 5.74) is 1.42. The van der Waals surface area contributed by atoms with Crippen molar-refractivity contribution in [2.45, 2.75) is 0 Å². The molecule has 2 heterocycles. The van der Waals surface area contributed by atoms with Crippen molar-refractivity contribution >= 4 is 45.1 Å². The summed E-state index contributed by atoms with van der Waals surface area (Å²) < 4.78 is 5.61. The third kappa shape index (κ3) is 2.08. The topological polar surface area (TPSA) is 55.1 Å². The fourth-order valence-electron chi connectivity index (χ4n) is 2.28. The largest absolute Gasteiger partial charge is 0.423 e. The number of aromatic nitrogens is 1. The molecule has 0 saturated heterocycles. The minimum absolute atomic E-state index is 0.208. The van der Waals surface area contributed by atoms with Crippen molar-refractivity contribution in [1.82, 2.24) is 4.98 Å². The van der Waals surface area contributed by atoms with Crippen LogP contribution in [0.15, 0.2) is 58.3 Å². The van der Waals surface area contributed by atoms with Crippen molar-refractivity contribution in [3.8, 4) is 0 Å². The van der Waals surface area contributed by atoms with E-state index in [9.17, 15) is 4.79 Å². The Bertz CT molecular complexity index is 941. The Hall–Kier alpha value is -2.66. The third-order valence-corrected chi connectivity index (χ3v) is 4.12. The minimum atomic E-state index is -0.208. The van der Waals surface area contributed by atoms with Crippen molar-refractivity contribution in [3.05, 3.63) is 58.8 Å². The molecule has 0 bridgehead atoms. The summed E-state index contributed by atoms with van der Waals surface area (Å²) in [7, 11) is 0. The van der Waals surface area contributed by atoms with Crippen LogP contribution < -0.4 is 5.32 Å². The predicted molar refractivity (Wildman–Crippen MR) is 83.8 cm³/mol. The van der Waals surface area contributed by atoms with Gasteiger partial charge in [-0.3, -0.25) is 10.1 Å². The van der Waals surface area contributed by atoms with Crippen LogP contribution in [0.5, 0.6) is 0 Å². The molecule has 102 valence electrons. The van der Waals surface area contributed by atoms with E-state index in [-0.39, 0.29) is 11.9 Å². The highest BCUT2D eigenvalue weighted by Gasteiger charge is 2.13. The Morgan fingerprint density at radius 1 is 1.10 bits per heavy atom. The quantitative estimate of drug-likeness (QED) is 0.600. The van der Waals surface area contributed by atoms with Crippen LogP contribution in [-0.2, 0) is 0 Å². The molecule has 4 nitrogen and oxygen atoms in total. The number of rotatable bonds is 2. The molecule has 5 heteroatoms. The molecule has 4 rings (SSSR count). The number of thiophene rings is 1. The molecule has 1 N–H and O–H groups in total. The standard InChI is InChI=1S/C16H10N2O2S/c19-15(13-6-3-9-21-13)18-16-17-14-11-5-2-1-4-10(11)7-8-12(14)20-16/h1-9H,(H,17,18,19). The molecule has 0 radical (unpaired) electrons. The Balaban J connectivity index is 1.77. The number of benzene rings is 2. The van der Waals surface area contributed by atoms with Crippen LogP contribution in [-0.4, -0.2) is 10.9 Å². The average molecular weight is 294 g/mol. The first-order chi connectivity index (χ1) is 10.3. The van der Waals surface area contributed by atoms with Gasteiger partial charge >= 0.3 is 6.01 Å². The van der Waals surface area contributed by atoms with Gasteiger partial charge in [0.05, 0.1) is 4.88 Å². The molecule has 0 saturated carbocycles. The highest BCUT2D eigenvalue weighted by atomic mass is 32.1. The van der Waals surface area contributed by atoms with E-state index in [2.05, 4.69) is 10.3 Å². The fourth-order valence-corrected chi connectivity index (χ4v) is 2.90. The third-order valence-electron chi connectivity index (χ3n) is 3.25. The maximum atomic E-state index is 12.0. The second kappa shape index (κ2) is 4.71. The smallest absolute Gasteiger partial charge is 0.302 e. The summed E-state index contributed by atoms with van der Waals surface area (Å²) in [4.78, 5) is 17.0. The van der Waals surface area contributed by atoms with Gasteiger partial charge in [0.25, 0.3) is 5.91 Å². The van der Waals surface area contributed by atoms with Gasteiger partial charge in [-0.15, -0.1) is 11.3 Å². The van der Waals surface area contributed by atoms with E-state index < -0.39 is 0 Å². The second-order valence-electron chi connectivity index (χ2n) is 4.58. The highest BCUT2D eigenvalue weighted by molar-refractivity contribution is 7.12. The predicted octanol–water partition coefficient (Wildman–Crippen LogP) is 4.29. The van der Waals surface area contributed by atoms with Crippen LogP contribution in [0.1, 0.15) is 9.67 Å². The minimum Gasteiger partial charge on any atom is -0.423 e. The van der Waals surface area contributed by atoms with Crippen molar-refractivity contribution in [2.75, 3.05) is 5.32 Å². The van der Waals surface area contributed by atoms with E-state index in [1.807, 2.05) is 47.8 Å². The van der Waals surface area contributed by atoms with E-state index in [1.54, 1.807) is 6.07 Å². The van der Waals surface area contributed by atoms with E-state index in [4.69, 9.17) is 4.42 Å². The number of hydrogen-bond acceptors (Lipinski definition) is 4. The van der Waals surface area contributed by atoms with Crippen LogP contribution in [0.4, 0.5) is 6.01 Å². The first-order valence-corrected chi connectivity index (χ1v) is 7.32. The molecule has 0 aliphatic carbocycles. The van der Waals surface area contributed by atoms with Crippen molar-refractivity contribution in [2.24, 2.45) is 0 Å². The maximum absolute atomic E-state index is 12.0. The summed E-state index contributed by atoms with van der Waals surface area (Å²) in [5, 5.41) is 6.65.